The van der Waals surface area contributed by atoms with Crippen LogP contribution in [0, 0.1) is 6.92 Å². The van der Waals surface area contributed by atoms with Crippen LogP contribution in [0.3, 0.4) is 0 Å². The lowest BCUT2D eigenvalue weighted by Gasteiger charge is -2.20. The molecular formula is C23H19N3O2S. The minimum absolute atomic E-state index is 0.173. The molecule has 0 aliphatic carbocycles. The first-order valence-electron chi connectivity index (χ1n) is 9.59. The molecule has 6 heteroatoms. The van der Waals surface area contributed by atoms with Crippen LogP contribution in [0.25, 0.3) is 22.2 Å². The van der Waals surface area contributed by atoms with Crippen molar-refractivity contribution in [2.24, 2.45) is 0 Å². The number of hydrogen-bond acceptors (Lipinski definition) is 4. The molecule has 0 fully saturated rings. The smallest absolute Gasteiger partial charge is 0.261 e. The number of aryl methyl sites for hydroxylation is 3. The molecule has 0 saturated carbocycles. The summed E-state index contributed by atoms with van der Waals surface area (Å²) in [5.41, 5.74) is 4.54. The highest BCUT2D eigenvalue weighted by atomic mass is 32.1. The lowest BCUT2D eigenvalue weighted by Crippen LogP contribution is -2.25. The van der Waals surface area contributed by atoms with Crippen LogP contribution in [0.15, 0.2) is 58.8 Å². The molecule has 1 N–H and O–H groups in total. The number of carbonyl (C=O) groups is 1. The van der Waals surface area contributed by atoms with Crippen molar-refractivity contribution >= 4 is 33.8 Å². The maximum atomic E-state index is 13.0. The Labute approximate surface area is 171 Å². The van der Waals surface area contributed by atoms with Crippen LogP contribution in [-0.2, 0) is 13.0 Å². The summed E-state index contributed by atoms with van der Waals surface area (Å²) < 4.78 is 2.04. The van der Waals surface area contributed by atoms with E-state index in [1.54, 1.807) is 17.5 Å². The molecule has 144 valence electrons. The zero-order valence-corrected chi connectivity index (χ0v) is 16.8. The van der Waals surface area contributed by atoms with E-state index in [9.17, 15) is 9.59 Å². The fourth-order valence-electron chi connectivity index (χ4n) is 3.97. The summed E-state index contributed by atoms with van der Waals surface area (Å²) in [7, 11) is 0. The molecule has 1 aliphatic rings. The van der Waals surface area contributed by atoms with Gasteiger partial charge in [-0.2, -0.15) is 0 Å². The van der Waals surface area contributed by atoms with E-state index in [1.807, 2.05) is 53.3 Å². The van der Waals surface area contributed by atoms with E-state index in [-0.39, 0.29) is 16.9 Å². The highest BCUT2D eigenvalue weighted by Gasteiger charge is 2.19. The third kappa shape index (κ3) is 3.15. The van der Waals surface area contributed by atoms with E-state index >= 15 is 0 Å². The number of aromatic nitrogens is 2. The van der Waals surface area contributed by atoms with Crippen molar-refractivity contribution < 1.29 is 4.79 Å². The fraction of sp³-hybridized carbons (Fsp3) is 0.174. The normalized spacial score (nSPS) is 12.9. The van der Waals surface area contributed by atoms with Gasteiger partial charge in [-0.05, 0) is 43.5 Å². The largest absolute Gasteiger partial charge is 0.346 e. The van der Waals surface area contributed by atoms with Crippen molar-refractivity contribution in [2.75, 3.05) is 5.32 Å². The summed E-state index contributed by atoms with van der Waals surface area (Å²) in [6.07, 6.45) is 3.67. The van der Waals surface area contributed by atoms with E-state index in [2.05, 4.69) is 16.4 Å². The van der Waals surface area contributed by atoms with E-state index in [1.165, 1.54) is 5.56 Å². The Balaban J connectivity index is 1.52. The SMILES string of the molecule is Cc1nc(-c2cccc(NC(=O)c3cn4c5c(cccc5c3=O)CCC4)c2)cs1. The van der Waals surface area contributed by atoms with Gasteiger partial charge >= 0.3 is 0 Å². The van der Waals surface area contributed by atoms with Crippen LogP contribution in [-0.4, -0.2) is 15.5 Å². The fourth-order valence-corrected chi connectivity index (χ4v) is 4.59. The Hall–Kier alpha value is -3.25. The zero-order chi connectivity index (χ0) is 20.0. The minimum atomic E-state index is -0.386. The molecule has 5 nitrogen and oxygen atoms in total. The minimum Gasteiger partial charge on any atom is -0.346 e. The number of nitrogens with one attached hydrogen (secondary N) is 1. The van der Waals surface area contributed by atoms with E-state index in [0.29, 0.717) is 11.1 Å². The van der Waals surface area contributed by atoms with Crippen LogP contribution in [0.1, 0.15) is 27.3 Å². The average Bonchev–Trinajstić information content (AvgIpc) is 3.17. The second-order valence-electron chi connectivity index (χ2n) is 7.27. The third-order valence-electron chi connectivity index (χ3n) is 5.31. The third-order valence-corrected chi connectivity index (χ3v) is 6.08. The second-order valence-corrected chi connectivity index (χ2v) is 8.33. The lowest BCUT2D eigenvalue weighted by atomic mass is 9.99. The number of rotatable bonds is 3. The molecule has 29 heavy (non-hydrogen) atoms. The van der Waals surface area contributed by atoms with Gasteiger partial charge in [-0.15, -0.1) is 11.3 Å². The molecule has 0 atom stereocenters. The Bertz CT molecular complexity index is 1320. The van der Waals surface area contributed by atoms with Gasteiger partial charge < -0.3 is 9.88 Å². The number of amides is 1. The standard InChI is InChI=1S/C23H19N3O2S/c1-14-24-20(13-29-14)16-6-2-8-17(11-16)25-23(28)19-12-26-10-4-7-15-5-3-9-18(21(15)26)22(19)27/h2-3,5-6,8-9,11-13H,4,7,10H2,1H3,(H,25,28). The van der Waals surface area contributed by atoms with Crippen LogP contribution in [0.5, 0.6) is 0 Å². The van der Waals surface area contributed by atoms with E-state index in [4.69, 9.17) is 0 Å². The van der Waals surface area contributed by atoms with E-state index < -0.39 is 0 Å². The maximum Gasteiger partial charge on any atom is 0.261 e. The highest BCUT2D eigenvalue weighted by Crippen LogP contribution is 2.26. The van der Waals surface area contributed by atoms with Gasteiger partial charge in [0.15, 0.2) is 0 Å². The molecule has 4 aromatic rings. The van der Waals surface area contributed by atoms with E-state index in [0.717, 1.165) is 41.2 Å². The summed E-state index contributed by atoms with van der Waals surface area (Å²) in [5.74, 6) is -0.386. The maximum absolute atomic E-state index is 13.0. The number of pyridine rings is 1. The molecule has 2 aromatic carbocycles. The lowest BCUT2D eigenvalue weighted by molar-refractivity contribution is 0.102. The predicted octanol–water partition coefficient (Wildman–Crippen LogP) is 4.63. The quantitative estimate of drug-likeness (QED) is 0.544. The Morgan fingerprint density at radius 1 is 1.21 bits per heavy atom. The van der Waals surface area contributed by atoms with Crippen LogP contribution in [0.2, 0.25) is 0 Å². The highest BCUT2D eigenvalue weighted by molar-refractivity contribution is 7.09. The molecule has 0 saturated heterocycles. The van der Waals surface area contributed by atoms with Crippen molar-refractivity contribution in [3.8, 4) is 11.3 Å². The van der Waals surface area contributed by atoms with Gasteiger partial charge in [0.05, 0.1) is 16.2 Å². The number of carbonyl (C=O) groups excluding carboxylic acids is 1. The van der Waals surface area contributed by atoms with Gasteiger partial charge in [0.2, 0.25) is 5.43 Å². The monoisotopic (exact) mass is 401 g/mol. The van der Waals surface area contributed by atoms with Gasteiger partial charge in [-0.25, -0.2) is 4.98 Å². The van der Waals surface area contributed by atoms with Gasteiger partial charge in [0, 0.05) is 34.8 Å². The number of hydrogen-bond donors (Lipinski definition) is 1. The summed E-state index contributed by atoms with van der Waals surface area (Å²) in [6, 6.07) is 13.3. The zero-order valence-electron chi connectivity index (χ0n) is 15.9. The van der Waals surface area contributed by atoms with Crippen molar-refractivity contribution in [3.63, 3.8) is 0 Å². The van der Waals surface area contributed by atoms with Crippen molar-refractivity contribution in [1.82, 2.24) is 9.55 Å². The molecule has 0 bridgehead atoms. The first-order chi connectivity index (χ1) is 14.1. The molecule has 1 aliphatic heterocycles. The van der Waals surface area contributed by atoms with Crippen molar-refractivity contribution in [1.29, 1.82) is 0 Å². The number of thiazole rings is 1. The number of anilines is 1. The summed E-state index contributed by atoms with van der Waals surface area (Å²) in [4.78, 5) is 30.5. The number of nitrogens with zero attached hydrogens (tertiary/aromatic N) is 2. The Kier molecular flexibility index (Phi) is 4.28. The molecule has 1 amide bonds. The van der Waals surface area contributed by atoms with Crippen LogP contribution >= 0.6 is 11.3 Å². The van der Waals surface area contributed by atoms with Gasteiger partial charge in [-0.3, -0.25) is 9.59 Å². The van der Waals surface area contributed by atoms with Crippen molar-refractivity contribution in [2.45, 2.75) is 26.3 Å². The van der Waals surface area contributed by atoms with Crippen molar-refractivity contribution in [3.05, 3.63) is 80.4 Å². The van der Waals surface area contributed by atoms with Gasteiger partial charge in [0.25, 0.3) is 5.91 Å². The van der Waals surface area contributed by atoms with Gasteiger partial charge in [-0.1, -0.05) is 24.3 Å². The second kappa shape index (κ2) is 6.97. The summed E-state index contributed by atoms with van der Waals surface area (Å²) >= 11 is 1.59. The summed E-state index contributed by atoms with van der Waals surface area (Å²) in [6.45, 7) is 2.78. The molecule has 0 radical (unpaired) electrons. The first-order valence-corrected chi connectivity index (χ1v) is 10.5. The molecule has 0 unspecified atom stereocenters. The predicted molar refractivity (Wildman–Crippen MR) is 117 cm³/mol. The van der Waals surface area contributed by atoms with Crippen LogP contribution in [0.4, 0.5) is 5.69 Å². The number of benzene rings is 2. The Morgan fingerprint density at radius 2 is 2.07 bits per heavy atom. The Morgan fingerprint density at radius 3 is 2.90 bits per heavy atom. The number of para-hydroxylation sites is 1. The summed E-state index contributed by atoms with van der Waals surface area (Å²) in [5, 5.41) is 6.49. The van der Waals surface area contributed by atoms with Gasteiger partial charge in [0.1, 0.15) is 5.56 Å². The molecule has 0 spiro atoms. The average molecular weight is 401 g/mol. The van der Waals surface area contributed by atoms with Crippen LogP contribution < -0.4 is 10.7 Å². The first kappa shape index (κ1) is 17.8. The molecule has 2 aromatic heterocycles. The topological polar surface area (TPSA) is 64.0 Å². The molecule has 5 rings (SSSR count). The molecule has 3 heterocycles. The molecular weight excluding hydrogens is 382 g/mol.